The molecule has 33 heavy (non-hydrogen) atoms. The number of carbonyl (C=O) groups is 1. The van der Waals surface area contributed by atoms with Crippen LogP contribution in [0.1, 0.15) is 43.6 Å². The van der Waals surface area contributed by atoms with E-state index < -0.39 is 5.97 Å². The second-order valence-electron chi connectivity index (χ2n) is 7.97. The van der Waals surface area contributed by atoms with Gasteiger partial charge in [0.25, 0.3) is 0 Å². The Labute approximate surface area is 194 Å². The molecule has 1 atom stereocenters. The van der Waals surface area contributed by atoms with Gasteiger partial charge in [0, 0.05) is 27.5 Å². The second kappa shape index (κ2) is 7.84. The number of aryl methyl sites for hydroxylation is 3. The molecule has 5 rings (SSSR count). The molecular weight excluding hydrogens is 436 g/mol. The topological polar surface area (TPSA) is 98.5 Å². The lowest BCUT2D eigenvalue weighted by molar-refractivity contribution is 0.0702. The average Bonchev–Trinajstić information content (AvgIpc) is 3.44. The van der Waals surface area contributed by atoms with Gasteiger partial charge in [-0.15, -0.1) is 11.3 Å². The number of benzene rings is 2. The van der Waals surface area contributed by atoms with Crippen molar-refractivity contribution in [3.63, 3.8) is 0 Å². The predicted molar refractivity (Wildman–Crippen MR) is 125 cm³/mol. The van der Waals surface area contributed by atoms with E-state index >= 15 is 0 Å². The van der Waals surface area contributed by atoms with Gasteiger partial charge < -0.3 is 19.6 Å². The number of ether oxygens (including phenoxy) is 2. The van der Waals surface area contributed by atoms with Crippen LogP contribution in [-0.2, 0) is 0 Å². The molecule has 2 N–H and O–H groups in total. The molecule has 164 valence electrons. The van der Waals surface area contributed by atoms with Crippen molar-refractivity contribution < 1.29 is 18.7 Å². The first-order valence-electron chi connectivity index (χ1n) is 10.4. The number of furan rings is 1. The number of nitriles is 1. The van der Waals surface area contributed by atoms with Gasteiger partial charge in [0.1, 0.15) is 28.7 Å². The minimum Gasteiger partial charge on any atom is -0.448 e. The summed E-state index contributed by atoms with van der Waals surface area (Å²) in [4.78, 5) is 13.9. The fourth-order valence-electron chi connectivity index (χ4n) is 4.11. The number of hydrogen-bond acceptors (Lipinski definition) is 7. The molecule has 0 saturated carbocycles. The highest BCUT2D eigenvalue weighted by Gasteiger charge is 2.32. The van der Waals surface area contributed by atoms with Gasteiger partial charge >= 0.3 is 5.97 Å². The lowest BCUT2D eigenvalue weighted by Crippen LogP contribution is -2.20. The maximum absolute atomic E-state index is 13.0. The molecule has 2 aromatic carbocycles. The van der Waals surface area contributed by atoms with Crippen molar-refractivity contribution in [2.75, 3.05) is 0 Å². The maximum atomic E-state index is 13.0. The Balaban J connectivity index is 1.49. The quantitative estimate of drug-likeness (QED) is 0.306. The van der Waals surface area contributed by atoms with Crippen LogP contribution in [0.15, 0.2) is 63.7 Å². The van der Waals surface area contributed by atoms with Gasteiger partial charge in [-0.25, -0.2) is 4.79 Å². The maximum Gasteiger partial charge on any atom is 0.379 e. The van der Waals surface area contributed by atoms with Gasteiger partial charge in [-0.2, -0.15) is 5.26 Å². The first-order valence-corrected chi connectivity index (χ1v) is 11.2. The van der Waals surface area contributed by atoms with Crippen LogP contribution in [0.5, 0.6) is 11.5 Å². The SMILES string of the molecule is Cc1ccc2c(C)c(C(=O)Oc3ccc4c(c3)OC(N)=C(C#N)C4c3cccs3)oc2c1C. The molecule has 0 bridgehead atoms. The van der Waals surface area contributed by atoms with E-state index in [0.29, 0.717) is 22.7 Å². The number of hydrogen-bond donors (Lipinski definition) is 1. The molecular formula is C26H20N2O4S. The Morgan fingerprint density at radius 2 is 1.97 bits per heavy atom. The van der Waals surface area contributed by atoms with Crippen molar-refractivity contribution in [2.24, 2.45) is 5.73 Å². The zero-order valence-electron chi connectivity index (χ0n) is 18.3. The number of fused-ring (bicyclic) bond motifs is 2. The van der Waals surface area contributed by atoms with Crippen molar-refractivity contribution >= 4 is 28.3 Å². The molecule has 0 radical (unpaired) electrons. The largest absolute Gasteiger partial charge is 0.448 e. The fraction of sp³-hybridized carbons (Fsp3) is 0.154. The summed E-state index contributed by atoms with van der Waals surface area (Å²) in [6, 6.07) is 15.1. The number of rotatable bonds is 3. The van der Waals surface area contributed by atoms with Gasteiger partial charge in [-0.05, 0) is 49.4 Å². The lowest BCUT2D eigenvalue weighted by Gasteiger charge is -2.25. The zero-order valence-corrected chi connectivity index (χ0v) is 19.1. The highest BCUT2D eigenvalue weighted by molar-refractivity contribution is 7.10. The van der Waals surface area contributed by atoms with E-state index in [1.54, 1.807) is 18.2 Å². The summed E-state index contributed by atoms with van der Waals surface area (Å²) >= 11 is 1.54. The van der Waals surface area contributed by atoms with Gasteiger partial charge in [-0.1, -0.05) is 24.3 Å². The van der Waals surface area contributed by atoms with Gasteiger partial charge in [0.05, 0.1) is 5.92 Å². The van der Waals surface area contributed by atoms with E-state index in [9.17, 15) is 10.1 Å². The van der Waals surface area contributed by atoms with E-state index in [-0.39, 0.29) is 17.6 Å². The van der Waals surface area contributed by atoms with Crippen LogP contribution >= 0.6 is 11.3 Å². The zero-order chi connectivity index (χ0) is 23.3. The molecule has 4 aromatic rings. The number of allylic oxidation sites excluding steroid dienone is 1. The number of thiophene rings is 1. The van der Waals surface area contributed by atoms with E-state index in [1.165, 1.54) is 11.3 Å². The standard InChI is InChI=1S/C26H20N2O4S/c1-13-6-8-17-15(3)24(32-23(17)14(13)2)26(29)30-16-7-9-18-20(11-16)31-25(28)19(12-27)22(18)21-5-4-10-33-21/h4-11,22H,28H2,1-3H3. The minimum absolute atomic E-state index is 0.0471. The van der Waals surface area contributed by atoms with Crippen LogP contribution in [0.2, 0.25) is 0 Å². The van der Waals surface area contributed by atoms with Crippen LogP contribution in [0, 0.1) is 32.1 Å². The van der Waals surface area contributed by atoms with Crippen molar-refractivity contribution in [3.8, 4) is 17.6 Å². The van der Waals surface area contributed by atoms with Gasteiger partial charge in [-0.3, -0.25) is 0 Å². The fourth-order valence-corrected chi connectivity index (χ4v) is 4.97. The smallest absolute Gasteiger partial charge is 0.379 e. The first kappa shape index (κ1) is 20.9. The molecule has 3 heterocycles. The normalized spacial score (nSPS) is 15.2. The van der Waals surface area contributed by atoms with Gasteiger partial charge in [0.2, 0.25) is 11.6 Å². The highest BCUT2D eigenvalue weighted by atomic mass is 32.1. The second-order valence-corrected chi connectivity index (χ2v) is 8.95. The number of nitrogens with two attached hydrogens (primary N) is 1. The summed E-state index contributed by atoms with van der Waals surface area (Å²) < 4.78 is 17.2. The van der Waals surface area contributed by atoms with E-state index in [2.05, 4.69) is 6.07 Å². The van der Waals surface area contributed by atoms with Crippen LogP contribution in [0.25, 0.3) is 11.0 Å². The molecule has 0 saturated heterocycles. The van der Waals surface area contributed by atoms with Crippen LogP contribution in [0.4, 0.5) is 0 Å². The number of esters is 1. The number of nitrogens with zero attached hydrogens (tertiary/aromatic N) is 1. The Morgan fingerprint density at radius 3 is 2.70 bits per heavy atom. The molecule has 1 unspecified atom stereocenters. The summed E-state index contributed by atoms with van der Waals surface area (Å²) in [5.74, 6) is 0.0401. The van der Waals surface area contributed by atoms with Gasteiger partial charge in [0.15, 0.2) is 0 Å². The molecule has 2 aromatic heterocycles. The molecule has 0 fully saturated rings. The summed E-state index contributed by atoms with van der Waals surface area (Å²) in [6.07, 6.45) is 0. The molecule has 0 spiro atoms. The minimum atomic E-state index is -0.590. The monoisotopic (exact) mass is 456 g/mol. The van der Waals surface area contributed by atoms with Crippen molar-refractivity contribution in [2.45, 2.75) is 26.7 Å². The Hall–Kier alpha value is -4.02. The summed E-state index contributed by atoms with van der Waals surface area (Å²) in [5.41, 5.74) is 10.7. The third-order valence-electron chi connectivity index (χ3n) is 6.04. The van der Waals surface area contributed by atoms with Crippen molar-refractivity contribution in [1.82, 2.24) is 0 Å². The molecule has 7 heteroatoms. The van der Waals surface area contributed by atoms with Crippen LogP contribution in [-0.4, -0.2) is 5.97 Å². The van der Waals surface area contributed by atoms with E-state index in [1.807, 2.05) is 50.4 Å². The van der Waals surface area contributed by atoms with Crippen LogP contribution in [0.3, 0.4) is 0 Å². The molecule has 1 aliphatic heterocycles. The Kier molecular flexibility index (Phi) is 4.95. The molecule has 1 aliphatic rings. The summed E-state index contributed by atoms with van der Waals surface area (Å²) in [7, 11) is 0. The molecule has 0 amide bonds. The molecule has 0 aliphatic carbocycles. The summed E-state index contributed by atoms with van der Waals surface area (Å²) in [6.45, 7) is 5.81. The third-order valence-corrected chi connectivity index (χ3v) is 6.98. The van der Waals surface area contributed by atoms with E-state index in [4.69, 9.17) is 19.6 Å². The average molecular weight is 457 g/mol. The summed E-state index contributed by atoms with van der Waals surface area (Å²) in [5, 5.41) is 12.5. The Morgan fingerprint density at radius 1 is 1.15 bits per heavy atom. The third kappa shape index (κ3) is 3.36. The van der Waals surface area contributed by atoms with Crippen LogP contribution < -0.4 is 15.2 Å². The van der Waals surface area contributed by atoms with E-state index in [0.717, 1.165) is 32.5 Å². The number of carbonyl (C=O) groups excluding carboxylic acids is 1. The first-order chi connectivity index (χ1) is 15.9. The lowest BCUT2D eigenvalue weighted by atomic mass is 9.88. The van der Waals surface area contributed by atoms with Crippen molar-refractivity contribution in [1.29, 1.82) is 5.26 Å². The molecule has 6 nitrogen and oxygen atoms in total. The predicted octanol–water partition coefficient (Wildman–Crippen LogP) is 5.86. The Bertz CT molecular complexity index is 1490. The highest BCUT2D eigenvalue weighted by Crippen LogP contribution is 2.44. The van der Waals surface area contributed by atoms with Crippen molar-refractivity contribution in [3.05, 3.63) is 92.2 Å².